The lowest BCUT2D eigenvalue weighted by Crippen LogP contribution is -2.25. The van der Waals surface area contributed by atoms with E-state index in [-0.39, 0.29) is 17.1 Å². The van der Waals surface area contributed by atoms with Crippen molar-refractivity contribution in [3.63, 3.8) is 0 Å². The van der Waals surface area contributed by atoms with Gasteiger partial charge in [0.1, 0.15) is 40.4 Å². The highest BCUT2D eigenvalue weighted by Crippen LogP contribution is 2.32. The van der Waals surface area contributed by atoms with Gasteiger partial charge in [0.2, 0.25) is 0 Å². The van der Waals surface area contributed by atoms with E-state index in [9.17, 15) is 14.4 Å². The van der Waals surface area contributed by atoms with E-state index in [1.807, 2.05) is 141 Å². The predicted octanol–water partition coefficient (Wildman–Crippen LogP) is 13.1. The molecule has 1 saturated carbocycles. The van der Waals surface area contributed by atoms with Crippen molar-refractivity contribution in [3.8, 4) is 51.4 Å². The van der Waals surface area contributed by atoms with Crippen LogP contribution in [0.4, 0.5) is 0 Å². The zero-order chi connectivity index (χ0) is 70.0. The molecule has 12 aromatic rings. The average Bonchev–Trinajstić information content (AvgIpc) is 1.71. The van der Waals surface area contributed by atoms with E-state index in [1.165, 1.54) is 23.1 Å². The number of benzene rings is 6. The summed E-state index contributed by atoms with van der Waals surface area (Å²) < 4.78 is 27.8. The first-order valence-electron chi connectivity index (χ1n) is 34.2. The largest absolute Gasteiger partial charge is 0.494 e. The number of fused-ring (bicyclic) bond motifs is 3. The fraction of sp³-hybridized carbons (Fsp3) is 0.354. The topological polar surface area (TPSA) is 192 Å². The smallest absolute Gasteiger partial charge is 0.330 e. The summed E-state index contributed by atoms with van der Waals surface area (Å²) in [7, 11) is 13.4. The highest BCUT2D eigenvalue weighted by Gasteiger charge is 2.23. The molecule has 0 unspecified atom stereocenters. The number of likely N-dealkylation sites (N-methyl/N-ethyl adjacent to an activating group) is 1. The van der Waals surface area contributed by atoms with Crippen LogP contribution >= 0.6 is 0 Å². The first-order chi connectivity index (χ1) is 47.7. The molecule has 99 heavy (non-hydrogen) atoms. The molecule has 0 saturated heterocycles. The average molecular weight is 1330 g/mol. The molecule has 514 valence electrons. The molecule has 1 aliphatic rings. The predicted molar refractivity (Wildman–Crippen MR) is 394 cm³/mol. The first kappa shape index (κ1) is 70.0. The number of rotatable bonds is 23. The molecule has 0 atom stereocenters. The fourth-order valence-electron chi connectivity index (χ4n) is 12.3. The minimum atomic E-state index is -0.118. The highest BCUT2D eigenvalue weighted by molar-refractivity contribution is 5.77. The number of imidazole rings is 3. The lowest BCUT2D eigenvalue weighted by molar-refractivity contribution is 0.120. The summed E-state index contributed by atoms with van der Waals surface area (Å²) in [5.74, 6) is 5.41. The Morgan fingerprint density at radius 3 is 1.12 bits per heavy atom. The molecule has 1 aliphatic carbocycles. The monoisotopic (exact) mass is 1330 g/mol. The summed E-state index contributed by atoms with van der Waals surface area (Å²) >= 11 is 0. The van der Waals surface area contributed by atoms with Gasteiger partial charge in [0.25, 0.3) is 0 Å². The minimum Gasteiger partial charge on any atom is -0.494 e. The van der Waals surface area contributed by atoms with Crippen LogP contribution in [0, 0.1) is 0 Å². The van der Waals surface area contributed by atoms with Crippen molar-refractivity contribution in [3.05, 3.63) is 229 Å². The van der Waals surface area contributed by atoms with Gasteiger partial charge in [-0.2, -0.15) is 0 Å². The van der Waals surface area contributed by atoms with Crippen LogP contribution < -0.4 is 31.3 Å². The zero-order valence-corrected chi connectivity index (χ0v) is 59.4. The molecule has 1 fully saturated rings. The summed E-state index contributed by atoms with van der Waals surface area (Å²) in [6.45, 7) is 17.3. The summed E-state index contributed by atoms with van der Waals surface area (Å²) in [4.78, 5) is 71.8. The minimum absolute atomic E-state index is 0.103. The molecular formula is C79H92N14O6. The molecule has 6 heterocycles. The van der Waals surface area contributed by atoms with Crippen molar-refractivity contribution in [2.75, 3.05) is 54.5 Å². The van der Waals surface area contributed by atoms with Crippen LogP contribution in [0.2, 0.25) is 0 Å². The molecular weight excluding hydrogens is 1240 g/mol. The Bertz CT molecular complexity index is 4970. The van der Waals surface area contributed by atoms with Gasteiger partial charge >= 0.3 is 17.1 Å². The van der Waals surface area contributed by atoms with Crippen molar-refractivity contribution >= 4 is 33.5 Å². The first-order valence-corrected chi connectivity index (χ1v) is 34.2. The number of aromatic nitrogens is 12. The number of ether oxygens (including phenoxy) is 3. The van der Waals surface area contributed by atoms with E-state index in [0.717, 1.165) is 88.5 Å². The Hall–Kier alpha value is -10.3. The molecule has 0 amide bonds. The quantitative estimate of drug-likeness (QED) is 0.0549. The van der Waals surface area contributed by atoms with Crippen LogP contribution in [0.5, 0.6) is 17.2 Å². The van der Waals surface area contributed by atoms with Crippen molar-refractivity contribution in [2.45, 2.75) is 111 Å². The second-order valence-corrected chi connectivity index (χ2v) is 27.0. The van der Waals surface area contributed by atoms with E-state index in [4.69, 9.17) is 29.2 Å². The third-order valence-corrected chi connectivity index (χ3v) is 18.0. The number of nitrogens with zero attached hydrogens (tertiary/aromatic N) is 14. The third kappa shape index (κ3) is 16.3. The molecule has 0 spiro atoms. The van der Waals surface area contributed by atoms with Crippen LogP contribution in [-0.4, -0.2) is 128 Å². The summed E-state index contributed by atoms with van der Waals surface area (Å²) in [6.07, 6.45) is 9.99. The van der Waals surface area contributed by atoms with Gasteiger partial charge in [-0.1, -0.05) is 151 Å². The van der Waals surface area contributed by atoms with Crippen molar-refractivity contribution < 1.29 is 14.2 Å². The van der Waals surface area contributed by atoms with Gasteiger partial charge in [-0.05, 0) is 141 Å². The maximum atomic E-state index is 13.1. The number of hydrogen-bond acceptors (Lipinski definition) is 14. The van der Waals surface area contributed by atoms with Crippen molar-refractivity contribution in [1.29, 1.82) is 0 Å². The molecule has 6 aromatic carbocycles. The lowest BCUT2D eigenvalue weighted by atomic mass is 9.96. The number of aryl methyl sites for hydroxylation is 3. The van der Waals surface area contributed by atoms with Crippen LogP contribution in [0.1, 0.15) is 118 Å². The molecule has 13 rings (SSSR count). The Morgan fingerprint density at radius 1 is 0.434 bits per heavy atom. The Morgan fingerprint density at radius 2 is 0.778 bits per heavy atom. The molecule has 0 aliphatic heterocycles. The Kier molecular flexibility index (Phi) is 22.3. The van der Waals surface area contributed by atoms with Crippen LogP contribution in [0.15, 0.2) is 179 Å². The molecule has 20 nitrogen and oxygen atoms in total. The standard InChI is InChI=1S/C27H33N5O2.C26H31N5O2.C26H28N4O2/c1-19(2)22-12-6-7-13-23(22)25-28-17-24-26(29-25)32(27(33)31(24)5)18-20-10-8-11-21(16-20)34-15-9-14-30(3)4;1-18(2)21-11-6-7-12-22(21)24-27-16-23-25(28-24)31(26(32)30(23)5)17-19-9-8-10-20(15-19)33-14-13-29(3)4;1-17(2)21-12-4-5-13-22(21)24-27-15-23-25(28-24)30(26(31)29(23)3)16-18-8-6-11-20(14-18)32-19-9-7-10-19/h6-8,10-13,16-17,19H,9,14-15,18H2,1-5H3;6-12,15-16,18H,13-14,17H2,1-5H3;4-6,8,11-15,17,19H,7,9-10,16H2,1-3H3. The van der Waals surface area contributed by atoms with E-state index >= 15 is 0 Å². The molecule has 6 aromatic heterocycles. The molecule has 0 N–H and O–H groups in total. The normalized spacial score (nSPS) is 12.4. The maximum Gasteiger partial charge on any atom is 0.330 e. The SMILES string of the molecule is CC(C)c1ccccc1-c1ncc2c(n1)n(Cc1cccc(OC3CCC3)c1)c(=O)n2C.CC(C)c1ccccc1-c1ncc2c(n1)n(Cc1cccc(OCCCN(C)C)c1)c(=O)n2C.CC(C)c1ccccc1-c1ncc2c(n1)n(Cc1cccc(OCCN(C)C)c1)c(=O)n2C. The summed E-state index contributed by atoms with van der Waals surface area (Å²) in [5.41, 5.74) is 13.3. The Balaban J connectivity index is 0.000000150. The van der Waals surface area contributed by atoms with Crippen molar-refractivity contribution in [1.82, 2.24) is 67.1 Å². The van der Waals surface area contributed by atoms with Gasteiger partial charge in [0.05, 0.1) is 50.9 Å². The van der Waals surface area contributed by atoms with Gasteiger partial charge in [-0.3, -0.25) is 27.4 Å². The van der Waals surface area contributed by atoms with E-state index < -0.39 is 0 Å². The highest BCUT2D eigenvalue weighted by atomic mass is 16.5. The fourth-order valence-corrected chi connectivity index (χ4v) is 12.3. The van der Waals surface area contributed by atoms with E-state index in [1.54, 1.807) is 67.1 Å². The van der Waals surface area contributed by atoms with E-state index in [0.29, 0.717) is 102 Å². The van der Waals surface area contributed by atoms with Crippen LogP contribution in [0.25, 0.3) is 67.7 Å². The molecule has 20 heteroatoms. The van der Waals surface area contributed by atoms with Crippen molar-refractivity contribution in [2.24, 2.45) is 21.1 Å². The van der Waals surface area contributed by atoms with Gasteiger partial charge in [0, 0.05) is 50.9 Å². The third-order valence-electron chi connectivity index (χ3n) is 18.0. The zero-order valence-electron chi connectivity index (χ0n) is 59.4. The van der Waals surface area contributed by atoms with Gasteiger partial charge < -0.3 is 24.0 Å². The van der Waals surface area contributed by atoms with Crippen LogP contribution in [0.3, 0.4) is 0 Å². The second-order valence-electron chi connectivity index (χ2n) is 27.0. The van der Waals surface area contributed by atoms with Gasteiger partial charge in [-0.25, -0.2) is 44.3 Å². The second kappa shape index (κ2) is 31.5. The van der Waals surface area contributed by atoms with E-state index in [2.05, 4.69) is 98.6 Å². The maximum absolute atomic E-state index is 13.1. The molecule has 0 radical (unpaired) electrons. The molecule has 0 bridgehead atoms. The number of hydrogen-bond donors (Lipinski definition) is 0. The summed E-state index contributed by atoms with van der Waals surface area (Å²) in [6, 6.07) is 48.4. The van der Waals surface area contributed by atoms with Gasteiger partial charge in [0.15, 0.2) is 34.4 Å². The lowest BCUT2D eigenvalue weighted by Gasteiger charge is -2.26. The van der Waals surface area contributed by atoms with Crippen LogP contribution in [-0.2, 0) is 40.8 Å². The van der Waals surface area contributed by atoms with Gasteiger partial charge in [-0.15, -0.1) is 0 Å². The summed E-state index contributed by atoms with van der Waals surface area (Å²) in [5, 5.41) is 0. The Labute approximate surface area is 578 Å².